The number of hydrogen-bond donors (Lipinski definition) is 2. The molecule has 1 fully saturated rings. The van der Waals surface area contributed by atoms with Gasteiger partial charge in [0.15, 0.2) is 5.96 Å². The van der Waals surface area contributed by atoms with Gasteiger partial charge < -0.3 is 15.4 Å². The second-order valence-electron chi connectivity index (χ2n) is 7.16. The van der Waals surface area contributed by atoms with Crippen molar-refractivity contribution in [3.63, 3.8) is 0 Å². The van der Waals surface area contributed by atoms with E-state index in [-0.39, 0.29) is 29.9 Å². The van der Waals surface area contributed by atoms with E-state index in [0.29, 0.717) is 18.2 Å². The molecule has 6 nitrogen and oxygen atoms in total. The predicted molar refractivity (Wildman–Crippen MR) is 131 cm³/mol. The summed E-state index contributed by atoms with van der Waals surface area (Å²) in [6.45, 7) is 3.70. The fourth-order valence-electron chi connectivity index (χ4n) is 3.66. The van der Waals surface area contributed by atoms with Gasteiger partial charge in [0.05, 0.1) is 18.7 Å². The molecular formula is C23H31IN4O2. The van der Waals surface area contributed by atoms with Crippen molar-refractivity contribution >= 4 is 35.9 Å². The molecule has 1 unspecified atom stereocenters. The van der Waals surface area contributed by atoms with E-state index in [1.807, 2.05) is 12.1 Å². The van der Waals surface area contributed by atoms with Gasteiger partial charge in [0.1, 0.15) is 0 Å². The van der Waals surface area contributed by atoms with Crippen LogP contribution in [-0.4, -0.2) is 50.6 Å². The lowest BCUT2D eigenvalue weighted by Crippen LogP contribution is -2.42. The summed E-state index contributed by atoms with van der Waals surface area (Å²) in [7, 11) is 3.17. The molecule has 1 saturated heterocycles. The number of carbonyl (C=O) groups is 1. The number of nitrogens with one attached hydrogen (secondary N) is 2. The molecule has 0 radical (unpaired) electrons. The Kier molecular flexibility index (Phi) is 10.1. The van der Waals surface area contributed by atoms with Crippen LogP contribution in [0, 0.1) is 0 Å². The number of aliphatic imine (C=N–C) groups is 1. The maximum Gasteiger partial charge on any atom is 0.337 e. The van der Waals surface area contributed by atoms with Crippen LogP contribution < -0.4 is 10.6 Å². The third-order valence-electron chi connectivity index (χ3n) is 5.29. The molecule has 0 spiro atoms. The summed E-state index contributed by atoms with van der Waals surface area (Å²) in [5.74, 6) is 0.443. The van der Waals surface area contributed by atoms with Gasteiger partial charge in [-0.2, -0.15) is 0 Å². The number of rotatable bonds is 7. The third-order valence-corrected chi connectivity index (χ3v) is 5.29. The fourth-order valence-corrected chi connectivity index (χ4v) is 3.66. The molecule has 0 aliphatic carbocycles. The summed E-state index contributed by atoms with van der Waals surface area (Å²) >= 11 is 0. The first kappa shape index (κ1) is 24.1. The fraction of sp³-hybridized carbons (Fsp3) is 0.391. The highest BCUT2D eigenvalue weighted by Gasteiger charge is 2.23. The topological polar surface area (TPSA) is 66.0 Å². The Bertz CT molecular complexity index is 806. The van der Waals surface area contributed by atoms with Gasteiger partial charge in [0, 0.05) is 20.1 Å². The van der Waals surface area contributed by atoms with Gasteiger partial charge in [-0.15, -0.1) is 24.0 Å². The van der Waals surface area contributed by atoms with Gasteiger partial charge in [-0.1, -0.05) is 42.5 Å². The van der Waals surface area contributed by atoms with E-state index in [1.165, 1.54) is 25.5 Å². The van der Waals surface area contributed by atoms with E-state index in [2.05, 4.69) is 50.9 Å². The van der Waals surface area contributed by atoms with Crippen molar-refractivity contribution in [1.82, 2.24) is 15.5 Å². The molecule has 162 valence electrons. The lowest BCUT2D eigenvalue weighted by Gasteiger charge is -2.29. The molecule has 2 N–H and O–H groups in total. The zero-order valence-corrected chi connectivity index (χ0v) is 20.0. The second-order valence-corrected chi connectivity index (χ2v) is 7.16. The molecular weight excluding hydrogens is 491 g/mol. The van der Waals surface area contributed by atoms with E-state index in [9.17, 15) is 4.79 Å². The number of benzene rings is 2. The van der Waals surface area contributed by atoms with Crippen LogP contribution in [-0.2, 0) is 11.3 Å². The van der Waals surface area contributed by atoms with Gasteiger partial charge in [-0.05, 0) is 49.2 Å². The van der Waals surface area contributed by atoms with Crippen LogP contribution in [0.5, 0.6) is 0 Å². The van der Waals surface area contributed by atoms with Crippen molar-refractivity contribution < 1.29 is 9.53 Å². The lowest BCUT2D eigenvalue weighted by atomic mass is 10.1. The van der Waals surface area contributed by atoms with Crippen molar-refractivity contribution in [3.8, 4) is 0 Å². The number of carbonyl (C=O) groups excluding carboxylic acids is 1. The van der Waals surface area contributed by atoms with Crippen LogP contribution in [0.25, 0.3) is 0 Å². The number of nitrogens with zero attached hydrogens (tertiary/aromatic N) is 2. The van der Waals surface area contributed by atoms with Crippen LogP contribution in [0.1, 0.15) is 40.4 Å². The van der Waals surface area contributed by atoms with Crippen molar-refractivity contribution in [1.29, 1.82) is 0 Å². The molecule has 0 aromatic heterocycles. The number of hydrogen-bond acceptors (Lipinski definition) is 4. The predicted octanol–water partition coefficient (Wildman–Crippen LogP) is 3.59. The molecule has 2 aromatic carbocycles. The molecule has 1 aliphatic heterocycles. The molecule has 1 aliphatic rings. The maximum atomic E-state index is 11.5. The van der Waals surface area contributed by atoms with E-state index in [1.54, 1.807) is 19.2 Å². The zero-order chi connectivity index (χ0) is 20.5. The van der Waals surface area contributed by atoms with Gasteiger partial charge >= 0.3 is 5.97 Å². The van der Waals surface area contributed by atoms with Crippen LogP contribution in [0.3, 0.4) is 0 Å². The quantitative estimate of drug-likeness (QED) is 0.252. The van der Waals surface area contributed by atoms with E-state index in [4.69, 9.17) is 4.74 Å². The number of halogens is 1. The second kappa shape index (κ2) is 12.5. The first-order valence-corrected chi connectivity index (χ1v) is 10.1. The van der Waals surface area contributed by atoms with Crippen LogP contribution >= 0.6 is 24.0 Å². The van der Waals surface area contributed by atoms with E-state index >= 15 is 0 Å². The summed E-state index contributed by atoms with van der Waals surface area (Å²) in [5, 5.41) is 6.83. The molecule has 30 heavy (non-hydrogen) atoms. The summed E-state index contributed by atoms with van der Waals surface area (Å²) in [5.41, 5.74) is 2.95. The highest BCUT2D eigenvalue weighted by Crippen LogP contribution is 2.24. The molecule has 3 rings (SSSR count). The van der Waals surface area contributed by atoms with Crippen molar-refractivity contribution in [3.05, 3.63) is 71.3 Å². The minimum atomic E-state index is -0.323. The Labute approximate surface area is 196 Å². The summed E-state index contributed by atoms with van der Waals surface area (Å²) in [6.07, 6.45) is 2.52. The average molecular weight is 522 g/mol. The Morgan fingerprint density at radius 2 is 1.73 bits per heavy atom. The van der Waals surface area contributed by atoms with E-state index in [0.717, 1.165) is 31.2 Å². The van der Waals surface area contributed by atoms with Crippen molar-refractivity contribution in [2.45, 2.75) is 25.4 Å². The number of esters is 1. The van der Waals surface area contributed by atoms with Crippen molar-refractivity contribution in [2.75, 3.05) is 33.8 Å². The first-order valence-electron chi connectivity index (χ1n) is 10.1. The monoisotopic (exact) mass is 522 g/mol. The Morgan fingerprint density at radius 3 is 2.33 bits per heavy atom. The summed E-state index contributed by atoms with van der Waals surface area (Å²) in [6, 6.07) is 18.4. The summed E-state index contributed by atoms with van der Waals surface area (Å²) < 4.78 is 4.74. The first-order chi connectivity index (χ1) is 14.2. The highest BCUT2D eigenvalue weighted by molar-refractivity contribution is 14.0. The normalized spacial score (nSPS) is 15.2. The average Bonchev–Trinajstić information content (AvgIpc) is 3.31. The Balaban J connectivity index is 0.00000320. The van der Waals surface area contributed by atoms with Crippen LogP contribution in [0.4, 0.5) is 0 Å². The highest BCUT2D eigenvalue weighted by atomic mass is 127. The minimum Gasteiger partial charge on any atom is -0.465 e. The third kappa shape index (κ3) is 6.70. The molecule has 1 heterocycles. The van der Waals surface area contributed by atoms with Crippen LogP contribution in [0.2, 0.25) is 0 Å². The lowest BCUT2D eigenvalue weighted by molar-refractivity contribution is 0.0600. The molecule has 1 atom stereocenters. The standard InChI is InChI=1S/C23H30N4O2.HI/c1-24-23(25-16-18-10-12-20(13-11-18)22(28)29-2)26-17-21(27-14-6-7-15-27)19-8-4-3-5-9-19;/h3-5,8-13,21H,6-7,14-17H2,1-2H3,(H2,24,25,26);1H. The van der Waals surface area contributed by atoms with Crippen LogP contribution in [0.15, 0.2) is 59.6 Å². The number of methoxy groups -OCH3 is 1. The van der Waals surface area contributed by atoms with E-state index < -0.39 is 0 Å². The van der Waals surface area contributed by atoms with Gasteiger partial charge in [-0.3, -0.25) is 9.89 Å². The number of ether oxygens (including phenoxy) is 1. The number of guanidine groups is 1. The zero-order valence-electron chi connectivity index (χ0n) is 17.6. The Hall–Kier alpha value is -2.13. The van der Waals surface area contributed by atoms with Gasteiger partial charge in [0.25, 0.3) is 0 Å². The minimum absolute atomic E-state index is 0. The molecule has 0 amide bonds. The maximum absolute atomic E-state index is 11.5. The number of likely N-dealkylation sites (tertiary alicyclic amines) is 1. The molecule has 7 heteroatoms. The van der Waals surface area contributed by atoms with Gasteiger partial charge in [0.2, 0.25) is 0 Å². The largest absolute Gasteiger partial charge is 0.465 e. The summed E-state index contributed by atoms with van der Waals surface area (Å²) in [4.78, 5) is 18.4. The molecule has 2 aromatic rings. The van der Waals surface area contributed by atoms with Crippen molar-refractivity contribution in [2.24, 2.45) is 4.99 Å². The Morgan fingerprint density at radius 1 is 1.07 bits per heavy atom. The molecule has 0 bridgehead atoms. The SMILES string of the molecule is CN=C(NCc1ccc(C(=O)OC)cc1)NCC(c1ccccc1)N1CCCC1.I. The molecule has 0 saturated carbocycles. The smallest absolute Gasteiger partial charge is 0.337 e. The van der Waals surface area contributed by atoms with Gasteiger partial charge in [-0.25, -0.2) is 4.79 Å².